The zero-order valence-corrected chi connectivity index (χ0v) is 11.5. The third-order valence-electron chi connectivity index (χ3n) is 5.49. The molecule has 1 unspecified atom stereocenters. The largest absolute Gasteiger partial charge is 0.395 e. The van der Waals surface area contributed by atoms with E-state index in [1.54, 1.807) is 19.9 Å². The summed E-state index contributed by atoms with van der Waals surface area (Å²) in [6.45, 7) is 4.97. The van der Waals surface area contributed by atoms with Gasteiger partial charge in [-0.2, -0.15) is 0 Å². The Labute approximate surface area is 112 Å². The molecule has 0 radical (unpaired) electrons. The minimum Gasteiger partial charge on any atom is -0.395 e. The van der Waals surface area contributed by atoms with Crippen molar-refractivity contribution in [2.45, 2.75) is 45.3 Å². The second kappa shape index (κ2) is 3.37. The van der Waals surface area contributed by atoms with Crippen LogP contribution in [0.2, 0.25) is 0 Å². The monoisotopic (exact) mass is 264 g/mol. The molecule has 4 heteroatoms. The zero-order valence-electron chi connectivity index (χ0n) is 11.5. The predicted octanol–water partition coefficient (Wildman–Crippen LogP) is 0.716. The Kier molecular flexibility index (Phi) is 2.31. The molecule has 4 nitrogen and oxygen atoms in total. The quantitative estimate of drug-likeness (QED) is 0.652. The fraction of sp³-hybridized carbons (Fsp3) is 0.667. The van der Waals surface area contributed by atoms with Crippen LogP contribution in [0.1, 0.15) is 33.6 Å². The Hall–Kier alpha value is -0.970. The third kappa shape index (κ3) is 1.27. The van der Waals surface area contributed by atoms with Gasteiger partial charge >= 0.3 is 0 Å². The molecule has 0 aromatic rings. The lowest BCUT2D eigenvalue weighted by Crippen LogP contribution is -2.50. The second-order valence-corrected chi connectivity index (χ2v) is 6.65. The summed E-state index contributed by atoms with van der Waals surface area (Å²) in [6, 6.07) is 0. The first kappa shape index (κ1) is 13.0. The van der Waals surface area contributed by atoms with Gasteiger partial charge in [0.1, 0.15) is 5.60 Å². The van der Waals surface area contributed by atoms with Gasteiger partial charge in [0.2, 0.25) is 0 Å². The van der Waals surface area contributed by atoms with Gasteiger partial charge in [0.25, 0.3) is 0 Å². The van der Waals surface area contributed by atoms with Gasteiger partial charge in [0, 0.05) is 16.4 Å². The Morgan fingerprint density at radius 2 is 1.95 bits per heavy atom. The number of Topliss-reactive ketones (excluding diaryl/α,β-unsaturated/α-hetero) is 1. The van der Waals surface area contributed by atoms with Gasteiger partial charge < -0.3 is 15.3 Å². The molecule has 0 aromatic carbocycles. The van der Waals surface area contributed by atoms with Crippen molar-refractivity contribution in [1.82, 2.24) is 0 Å². The van der Waals surface area contributed by atoms with Crippen LogP contribution in [0.5, 0.6) is 0 Å². The van der Waals surface area contributed by atoms with E-state index in [1.807, 2.05) is 6.92 Å². The molecule has 3 rings (SSSR count). The summed E-state index contributed by atoms with van der Waals surface area (Å²) in [4.78, 5) is 12.5. The summed E-state index contributed by atoms with van der Waals surface area (Å²) >= 11 is 0. The van der Waals surface area contributed by atoms with Crippen LogP contribution in [0.4, 0.5) is 0 Å². The van der Waals surface area contributed by atoms with Crippen LogP contribution in [0.25, 0.3) is 0 Å². The van der Waals surface area contributed by atoms with E-state index >= 15 is 0 Å². The van der Waals surface area contributed by atoms with E-state index in [2.05, 4.69) is 0 Å². The summed E-state index contributed by atoms with van der Waals surface area (Å²) in [5, 5.41) is 30.6. The Balaban J connectivity index is 2.25. The van der Waals surface area contributed by atoms with Crippen LogP contribution in [0, 0.1) is 10.8 Å². The molecule has 3 N–H and O–H groups in total. The first-order valence-electron chi connectivity index (χ1n) is 6.72. The van der Waals surface area contributed by atoms with Gasteiger partial charge in [-0.05, 0) is 32.3 Å². The molecule has 19 heavy (non-hydrogen) atoms. The van der Waals surface area contributed by atoms with Crippen LogP contribution in [0.15, 0.2) is 22.8 Å². The number of carbonyl (C=O) groups excluding carboxylic acids is 1. The topological polar surface area (TPSA) is 77.8 Å². The Morgan fingerprint density at radius 1 is 1.37 bits per heavy atom. The lowest BCUT2D eigenvalue weighted by molar-refractivity contribution is -0.138. The maximum atomic E-state index is 12.5. The number of aliphatic hydroxyl groups is 3. The van der Waals surface area contributed by atoms with Gasteiger partial charge in [-0.3, -0.25) is 4.79 Å². The molecule has 104 valence electrons. The van der Waals surface area contributed by atoms with Crippen LogP contribution in [-0.4, -0.2) is 39.4 Å². The summed E-state index contributed by atoms with van der Waals surface area (Å²) in [5.74, 6) is -0.318. The van der Waals surface area contributed by atoms with Crippen LogP contribution < -0.4 is 0 Å². The molecule has 3 aliphatic carbocycles. The normalized spacial score (nSPS) is 43.6. The molecule has 0 bridgehead atoms. The highest BCUT2D eigenvalue weighted by Crippen LogP contribution is 2.65. The average Bonchev–Trinajstić information content (AvgIpc) is 3.12. The van der Waals surface area contributed by atoms with Crippen molar-refractivity contribution >= 4 is 5.78 Å². The number of fused-ring (bicyclic) bond motifs is 1. The van der Waals surface area contributed by atoms with Crippen LogP contribution in [0.3, 0.4) is 0 Å². The van der Waals surface area contributed by atoms with Gasteiger partial charge in [-0.1, -0.05) is 18.6 Å². The zero-order chi connectivity index (χ0) is 14.2. The van der Waals surface area contributed by atoms with Gasteiger partial charge in [0.05, 0.1) is 12.7 Å². The van der Waals surface area contributed by atoms with Crippen molar-refractivity contribution in [3.05, 3.63) is 22.8 Å². The second-order valence-electron chi connectivity index (χ2n) is 6.65. The van der Waals surface area contributed by atoms with E-state index in [9.17, 15) is 20.1 Å². The Bertz CT molecular complexity index is 536. The van der Waals surface area contributed by atoms with Gasteiger partial charge in [0.15, 0.2) is 5.78 Å². The standard InChI is InChI=1S/C15H20O4/c1-8-10-9(6-13(2,7-16)12(10)18)11(17)14(3,19)15(8)4-5-15/h6,12,16,18-19H,4-5,7H2,1-3H3/t12?,13-,14-/m1/s1. The van der Waals surface area contributed by atoms with Crippen molar-refractivity contribution in [3.63, 3.8) is 0 Å². The summed E-state index contributed by atoms with van der Waals surface area (Å²) in [7, 11) is 0. The highest BCUT2D eigenvalue weighted by Gasteiger charge is 2.66. The molecule has 0 aromatic heterocycles. The van der Waals surface area contributed by atoms with Crippen molar-refractivity contribution in [2.24, 2.45) is 10.8 Å². The molecular weight excluding hydrogens is 244 g/mol. The fourth-order valence-electron chi connectivity index (χ4n) is 3.78. The van der Waals surface area contributed by atoms with E-state index in [0.29, 0.717) is 11.1 Å². The summed E-state index contributed by atoms with van der Waals surface area (Å²) in [5.41, 5.74) is -0.800. The minimum atomic E-state index is -1.40. The first-order chi connectivity index (χ1) is 8.71. The number of ketones is 1. The predicted molar refractivity (Wildman–Crippen MR) is 69.3 cm³/mol. The minimum absolute atomic E-state index is 0.225. The molecule has 1 saturated carbocycles. The third-order valence-corrected chi connectivity index (χ3v) is 5.49. The molecule has 3 aliphatic rings. The van der Waals surface area contributed by atoms with E-state index in [4.69, 9.17) is 0 Å². The van der Waals surface area contributed by atoms with E-state index in [-0.39, 0.29) is 12.4 Å². The maximum absolute atomic E-state index is 12.5. The highest BCUT2D eigenvalue weighted by molar-refractivity contribution is 6.09. The number of rotatable bonds is 1. The first-order valence-corrected chi connectivity index (χ1v) is 6.72. The Morgan fingerprint density at radius 3 is 2.42 bits per heavy atom. The molecule has 1 spiro atoms. The fourth-order valence-corrected chi connectivity index (χ4v) is 3.78. The van der Waals surface area contributed by atoms with Crippen molar-refractivity contribution < 1.29 is 20.1 Å². The van der Waals surface area contributed by atoms with E-state index in [1.165, 1.54) is 0 Å². The molecule has 3 atom stereocenters. The molecule has 0 saturated heterocycles. The summed E-state index contributed by atoms with van der Waals surface area (Å²) < 4.78 is 0. The number of carbonyl (C=O) groups is 1. The summed E-state index contributed by atoms with van der Waals surface area (Å²) in [6.07, 6.45) is 2.31. The lowest BCUT2D eigenvalue weighted by atomic mass is 9.67. The highest BCUT2D eigenvalue weighted by atomic mass is 16.3. The van der Waals surface area contributed by atoms with Gasteiger partial charge in [-0.25, -0.2) is 0 Å². The number of hydrogen-bond acceptors (Lipinski definition) is 4. The molecule has 1 fully saturated rings. The molecule has 0 amide bonds. The smallest absolute Gasteiger partial charge is 0.195 e. The lowest BCUT2D eigenvalue weighted by Gasteiger charge is -2.39. The SMILES string of the molecule is CC1=C2C(=C[C@](C)(CO)C2O)C(=O)[C@@](C)(O)C12CC2. The van der Waals surface area contributed by atoms with Gasteiger partial charge in [-0.15, -0.1) is 0 Å². The van der Waals surface area contributed by atoms with Crippen molar-refractivity contribution in [2.75, 3.05) is 6.61 Å². The van der Waals surface area contributed by atoms with Crippen molar-refractivity contribution in [3.8, 4) is 0 Å². The average molecular weight is 264 g/mol. The molecular formula is C15H20O4. The number of aliphatic hydroxyl groups excluding tert-OH is 2. The number of hydrogen-bond donors (Lipinski definition) is 3. The van der Waals surface area contributed by atoms with Crippen LogP contribution in [-0.2, 0) is 4.79 Å². The molecule has 0 heterocycles. The van der Waals surface area contributed by atoms with E-state index < -0.39 is 22.5 Å². The van der Waals surface area contributed by atoms with Crippen molar-refractivity contribution in [1.29, 1.82) is 0 Å². The van der Waals surface area contributed by atoms with Crippen LogP contribution >= 0.6 is 0 Å². The van der Waals surface area contributed by atoms with E-state index in [0.717, 1.165) is 18.4 Å². The maximum Gasteiger partial charge on any atom is 0.195 e. The molecule has 0 aliphatic heterocycles.